The number of aliphatic hydroxyl groups excluding tert-OH is 2. The van der Waals surface area contributed by atoms with Gasteiger partial charge in [-0.1, -0.05) is 12.1 Å². The van der Waals surface area contributed by atoms with Crippen LogP contribution < -0.4 is 10.6 Å². The molecule has 1 unspecified atom stereocenters. The van der Waals surface area contributed by atoms with Gasteiger partial charge in [0, 0.05) is 19.3 Å². The zero-order valence-corrected chi connectivity index (χ0v) is 9.81. The first-order chi connectivity index (χ1) is 8.15. The molecular weight excluding hydrogens is 220 g/mol. The minimum absolute atomic E-state index is 0.0265. The number of carbonyl (C=O) groups excluding carboxylic acids is 1. The van der Waals surface area contributed by atoms with Crippen molar-refractivity contribution < 1.29 is 15.0 Å². The molecule has 0 aliphatic heterocycles. The number of hydrogen-bond acceptors (Lipinski definition) is 4. The number of aliphatic hydroxyl groups is 2. The van der Waals surface area contributed by atoms with Gasteiger partial charge in [-0.25, -0.2) is 0 Å². The standard InChI is InChI=1S/C12H18N2O3/c1-13-12(17)6-9-2-4-10(5-3-9)14-7-11(16)8-15/h2-5,11,14-16H,6-8H2,1H3,(H,13,17). The highest BCUT2D eigenvalue weighted by atomic mass is 16.3. The minimum atomic E-state index is -0.763. The topological polar surface area (TPSA) is 81.6 Å². The Bertz CT molecular complexity index is 351. The molecule has 0 spiro atoms. The summed E-state index contributed by atoms with van der Waals surface area (Å²) in [7, 11) is 1.61. The van der Waals surface area contributed by atoms with Gasteiger partial charge in [0.15, 0.2) is 0 Å². The van der Waals surface area contributed by atoms with Gasteiger partial charge in [0.1, 0.15) is 0 Å². The fourth-order valence-corrected chi connectivity index (χ4v) is 1.31. The van der Waals surface area contributed by atoms with Crippen molar-refractivity contribution in [2.45, 2.75) is 12.5 Å². The molecule has 17 heavy (non-hydrogen) atoms. The van der Waals surface area contributed by atoms with Crippen molar-refractivity contribution >= 4 is 11.6 Å². The molecule has 0 saturated carbocycles. The van der Waals surface area contributed by atoms with Crippen LogP contribution in [0.4, 0.5) is 5.69 Å². The Kier molecular flexibility index (Phi) is 5.45. The lowest BCUT2D eigenvalue weighted by Crippen LogP contribution is -2.23. The Morgan fingerprint density at radius 3 is 2.53 bits per heavy atom. The highest BCUT2D eigenvalue weighted by Gasteiger charge is 2.02. The van der Waals surface area contributed by atoms with Gasteiger partial charge in [-0.05, 0) is 17.7 Å². The van der Waals surface area contributed by atoms with Crippen molar-refractivity contribution in [3.05, 3.63) is 29.8 Å². The van der Waals surface area contributed by atoms with E-state index in [1.165, 1.54) is 0 Å². The lowest BCUT2D eigenvalue weighted by Gasteiger charge is -2.10. The van der Waals surface area contributed by atoms with Crippen molar-refractivity contribution in [3.63, 3.8) is 0 Å². The molecule has 0 aliphatic rings. The first-order valence-corrected chi connectivity index (χ1v) is 5.48. The van der Waals surface area contributed by atoms with Crippen LogP contribution in [0, 0.1) is 0 Å². The summed E-state index contributed by atoms with van der Waals surface area (Å²) in [5.41, 5.74) is 1.77. The average Bonchev–Trinajstić information content (AvgIpc) is 2.37. The number of carbonyl (C=O) groups is 1. The van der Waals surface area contributed by atoms with E-state index >= 15 is 0 Å². The Morgan fingerprint density at radius 1 is 1.35 bits per heavy atom. The van der Waals surface area contributed by atoms with E-state index in [-0.39, 0.29) is 12.5 Å². The summed E-state index contributed by atoms with van der Waals surface area (Å²) < 4.78 is 0. The molecule has 0 bridgehead atoms. The summed E-state index contributed by atoms with van der Waals surface area (Å²) >= 11 is 0. The molecule has 0 radical (unpaired) electrons. The number of likely N-dealkylation sites (N-methyl/N-ethyl adjacent to an activating group) is 1. The van der Waals surface area contributed by atoms with Crippen LogP contribution in [-0.4, -0.2) is 42.4 Å². The summed E-state index contributed by atoms with van der Waals surface area (Å²) in [6, 6.07) is 7.37. The molecule has 1 aromatic rings. The minimum Gasteiger partial charge on any atom is -0.394 e. The number of anilines is 1. The summed E-state index contributed by atoms with van der Waals surface area (Å²) in [6.45, 7) is 0.0348. The van der Waals surface area contributed by atoms with Crippen LogP contribution in [0.1, 0.15) is 5.56 Å². The Balaban J connectivity index is 2.47. The zero-order chi connectivity index (χ0) is 12.7. The van der Waals surface area contributed by atoms with Crippen LogP contribution >= 0.6 is 0 Å². The molecule has 0 heterocycles. The molecule has 0 aromatic heterocycles. The third-order valence-electron chi connectivity index (χ3n) is 2.35. The SMILES string of the molecule is CNC(=O)Cc1ccc(NCC(O)CO)cc1. The second-order valence-corrected chi connectivity index (χ2v) is 3.76. The van der Waals surface area contributed by atoms with Gasteiger partial charge < -0.3 is 20.8 Å². The molecule has 94 valence electrons. The van der Waals surface area contributed by atoms with Gasteiger partial charge in [0.05, 0.1) is 19.1 Å². The lowest BCUT2D eigenvalue weighted by atomic mass is 10.1. The van der Waals surface area contributed by atoms with Crippen LogP contribution in [0.25, 0.3) is 0 Å². The van der Waals surface area contributed by atoms with Crippen LogP contribution in [-0.2, 0) is 11.2 Å². The molecule has 0 fully saturated rings. The first kappa shape index (κ1) is 13.5. The van der Waals surface area contributed by atoms with Crippen molar-refractivity contribution in [3.8, 4) is 0 Å². The fourth-order valence-electron chi connectivity index (χ4n) is 1.31. The number of nitrogens with one attached hydrogen (secondary N) is 2. The summed E-state index contributed by atoms with van der Waals surface area (Å²) in [4.78, 5) is 11.1. The molecule has 1 amide bonds. The molecule has 0 aliphatic carbocycles. The van der Waals surface area contributed by atoms with Crippen LogP contribution in [0.15, 0.2) is 24.3 Å². The Labute approximate surface area is 100 Å². The van der Waals surface area contributed by atoms with E-state index < -0.39 is 6.10 Å². The van der Waals surface area contributed by atoms with E-state index in [1.54, 1.807) is 7.05 Å². The van der Waals surface area contributed by atoms with E-state index in [9.17, 15) is 4.79 Å². The number of amides is 1. The molecule has 1 atom stereocenters. The fraction of sp³-hybridized carbons (Fsp3) is 0.417. The summed E-state index contributed by atoms with van der Waals surface area (Å²) in [5, 5.41) is 23.3. The molecule has 1 aromatic carbocycles. The maximum atomic E-state index is 11.1. The third kappa shape index (κ3) is 4.84. The smallest absolute Gasteiger partial charge is 0.224 e. The van der Waals surface area contributed by atoms with E-state index in [0.29, 0.717) is 13.0 Å². The lowest BCUT2D eigenvalue weighted by molar-refractivity contribution is -0.119. The van der Waals surface area contributed by atoms with Crippen molar-refractivity contribution in [2.75, 3.05) is 25.5 Å². The Hall–Kier alpha value is -1.59. The predicted molar refractivity (Wildman–Crippen MR) is 65.8 cm³/mol. The molecule has 0 saturated heterocycles. The second-order valence-electron chi connectivity index (χ2n) is 3.76. The monoisotopic (exact) mass is 238 g/mol. The van der Waals surface area contributed by atoms with Crippen molar-refractivity contribution in [1.82, 2.24) is 5.32 Å². The second kappa shape index (κ2) is 6.88. The van der Waals surface area contributed by atoms with E-state index in [0.717, 1.165) is 11.3 Å². The van der Waals surface area contributed by atoms with Gasteiger partial charge >= 0.3 is 0 Å². The van der Waals surface area contributed by atoms with E-state index in [1.807, 2.05) is 24.3 Å². The maximum absolute atomic E-state index is 11.1. The Morgan fingerprint density at radius 2 is 2.00 bits per heavy atom. The quantitative estimate of drug-likeness (QED) is 0.550. The van der Waals surface area contributed by atoms with Crippen molar-refractivity contribution in [2.24, 2.45) is 0 Å². The molecule has 4 N–H and O–H groups in total. The number of benzene rings is 1. The summed E-state index contributed by atoms with van der Waals surface area (Å²) in [5.74, 6) is -0.0265. The molecule has 1 rings (SSSR count). The van der Waals surface area contributed by atoms with Gasteiger partial charge in [-0.3, -0.25) is 4.79 Å². The average molecular weight is 238 g/mol. The molecule has 5 nitrogen and oxygen atoms in total. The maximum Gasteiger partial charge on any atom is 0.224 e. The number of rotatable bonds is 6. The zero-order valence-electron chi connectivity index (χ0n) is 9.81. The molecular formula is C12H18N2O3. The highest BCUT2D eigenvalue weighted by molar-refractivity contribution is 5.78. The van der Waals surface area contributed by atoms with E-state index in [2.05, 4.69) is 10.6 Å². The van der Waals surface area contributed by atoms with Gasteiger partial charge in [-0.2, -0.15) is 0 Å². The third-order valence-corrected chi connectivity index (χ3v) is 2.35. The predicted octanol–water partition coefficient (Wildman–Crippen LogP) is -0.260. The van der Waals surface area contributed by atoms with Gasteiger partial charge in [0.2, 0.25) is 5.91 Å². The highest BCUT2D eigenvalue weighted by Crippen LogP contribution is 2.10. The van der Waals surface area contributed by atoms with Gasteiger partial charge in [0.25, 0.3) is 0 Å². The largest absolute Gasteiger partial charge is 0.394 e. The molecule has 5 heteroatoms. The van der Waals surface area contributed by atoms with Crippen LogP contribution in [0.5, 0.6) is 0 Å². The first-order valence-electron chi connectivity index (χ1n) is 5.48. The van der Waals surface area contributed by atoms with Crippen molar-refractivity contribution in [1.29, 1.82) is 0 Å². The van der Waals surface area contributed by atoms with Gasteiger partial charge in [-0.15, -0.1) is 0 Å². The van der Waals surface area contributed by atoms with E-state index in [4.69, 9.17) is 10.2 Å². The van der Waals surface area contributed by atoms with Crippen LogP contribution in [0.3, 0.4) is 0 Å². The normalized spacial score (nSPS) is 11.9. The summed E-state index contributed by atoms with van der Waals surface area (Å²) in [6.07, 6.45) is -0.406. The number of hydrogen-bond donors (Lipinski definition) is 4. The van der Waals surface area contributed by atoms with Crippen LogP contribution in [0.2, 0.25) is 0 Å².